The topological polar surface area (TPSA) is 41.1 Å². The van der Waals surface area contributed by atoms with Crippen molar-refractivity contribution in [1.29, 1.82) is 0 Å². The van der Waals surface area contributed by atoms with Crippen LogP contribution in [0.1, 0.15) is 25.8 Å². The van der Waals surface area contributed by atoms with Crippen molar-refractivity contribution in [3.63, 3.8) is 0 Å². The lowest BCUT2D eigenvalue weighted by atomic mass is 10.1. The van der Waals surface area contributed by atoms with Gasteiger partial charge in [0.15, 0.2) is 0 Å². The summed E-state index contributed by atoms with van der Waals surface area (Å²) in [6, 6.07) is 7.62. The molecule has 0 radical (unpaired) electrons. The Bertz CT molecular complexity index is 380. The van der Waals surface area contributed by atoms with Gasteiger partial charge in [0.05, 0.1) is 6.54 Å². The molecule has 0 atom stereocenters. The zero-order valence-corrected chi connectivity index (χ0v) is 11.8. The van der Waals surface area contributed by atoms with E-state index >= 15 is 0 Å². The molecular weight excluding hydrogens is 248 g/mol. The van der Waals surface area contributed by atoms with Gasteiger partial charge in [0.25, 0.3) is 0 Å². The first-order valence-corrected chi connectivity index (χ1v) is 6.67. The second-order valence-corrected chi connectivity index (χ2v) is 5.20. The van der Waals surface area contributed by atoms with Gasteiger partial charge < -0.3 is 10.6 Å². The Balaban J connectivity index is 2.15. The summed E-state index contributed by atoms with van der Waals surface area (Å²) in [6.45, 7) is 6.02. The first-order valence-electron chi connectivity index (χ1n) is 6.30. The number of nitrogens with one attached hydrogen (secondary N) is 2. The quantitative estimate of drug-likeness (QED) is 0.798. The predicted molar refractivity (Wildman–Crippen MR) is 75.6 cm³/mol. The summed E-state index contributed by atoms with van der Waals surface area (Å²) in [4.78, 5) is 11.5. The fourth-order valence-corrected chi connectivity index (χ4v) is 1.74. The highest BCUT2D eigenvalue weighted by Crippen LogP contribution is 2.09. The van der Waals surface area contributed by atoms with Crippen molar-refractivity contribution >= 4 is 17.5 Å². The van der Waals surface area contributed by atoms with Gasteiger partial charge >= 0.3 is 0 Å². The van der Waals surface area contributed by atoms with E-state index in [1.807, 2.05) is 24.3 Å². The normalized spacial score (nSPS) is 10.7. The third-order valence-corrected chi connectivity index (χ3v) is 2.78. The molecule has 0 unspecified atom stereocenters. The molecule has 0 aliphatic heterocycles. The van der Waals surface area contributed by atoms with E-state index in [2.05, 4.69) is 24.5 Å². The minimum absolute atomic E-state index is 0.0395. The lowest BCUT2D eigenvalue weighted by Gasteiger charge is -2.08. The monoisotopic (exact) mass is 268 g/mol. The Labute approximate surface area is 114 Å². The molecule has 0 heterocycles. The third kappa shape index (κ3) is 6.62. The van der Waals surface area contributed by atoms with Gasteiger partial charge in [0.2, 0.25) is 5.91 Å². The van der Waals surface area contributed by atoms with E-state index in [9.17, 15) is 4.79 Å². The molecule has 0 aliphatic rings. The van der Waals surface area contributed by atoms with Crippen molar-refractivity contribution in [2.75, 3.05) is 13.1 Å². The fraction of sp³-hybridized carbons (Fsp3) is 0.500. The van der Waals surface area contributed by atoms with Crippen molar-refractivity contribution in [2.45, 2.75) is 26.8 Å². The SMILES string of the molecule is CC(C)CCNC(=O)CNCc1cccc(Cl)c1. The van der Waals surface area contributed by atoms with Gasteiger partial charge in [0, 0.05) is 18.1 Å². The van der Waals surface area contributed by atoms with Gasteiger partial charge in [-0.05, 0) is 30.0 Å². The van der Waals surface area contributed by atoms with Crippen LogP contribution in [0.25, 0.3) is 0 Å². The van der Waals surface area contributed by atoms with Crippen molar-refractivity contribution in [3.05, 3.63) is 34.9 Å². The van der Waals surface area contributed by atoms with Crippen LogP contribution in [0.2, 0.25) is 5.02 Å². The van der Waals surface area contributed by atoms with Crippen LogP contribution in [0, 0.1) is 5.92 Å². The zero-order chi connectivity index (χ0) is 13.4. The van der Waals surface area contributed by atoms with E-state index in [0.29, 0.717) is 19.0 Å². The summed E-state index contributed by atoms with van der Waals surface area (Å²) >= 11 is 5.88. The Morgan fingerprint density at radius 1 is 1.39 bits per heavy atom. The van der Waals surface area contributed by atoms with E-state index < -0.39 is 0 Å². The maximum atomic E-state index is 11.5. The second kappa shape index (κ2) is 8.11. The highest BCUT2D eigenvalue weighted by Gasteiger charge is 2.01. The Kier molecular flexibility index (Phi) is 6.76. The molecule has 1 aromatic rings. The van der Waals surface area contributed by atoms with Crippen LogP contribution < -0.4 is 10.6 Å². The molecule has 3 nitrogen and oxygen atoms in total. The van der Waals surface area contributed by atoms with Crippen LogP contribution in [0.4, 0.5) is 0 Å². The van der Waals surface area contributed by atoms with Crippen molar-refractivity contribution in [2.24, 2.45) is 5.92 Å². The van der Waals surface area contributed by atoms with E-state index in [1.54, 1.807) is 0 Å². The van der Waals surface area contributed by atoms with Crippen LogP contribution in [-0.4, -0.2) is 19.0 Å². The van der Waals surface area contributed by atoms with Crippen LogP contribution in [-0.2, 0) is 11.3 Å². The Morgan fingerprint density at radius 3 is 2.83 bits per heavy atom. The third-order valence-electron chi connectivity index (χ3n) is 2.55. The lowest BCUT2D eigenvalue weighted by Crippen LogP contribution is -2.34. The van der Waals surface area contributed by atoms with Gasteiger partial charge in [-0.1, -0.05) is 37.6 Å². The minimum Gasteiger partial charge on any atom is -0.355 e. The minimum atomic E-state index is 0.0395. The molecule has 100 valence electrons. The largest absolute Gasteiger partial charge is 0.355 e. The molecule has 1 amide bonds. The highest BCUT2D eigenvalue weighted by molar-refractivity contribution is 6.30. The predicted octanol–water partition coefficient (Wildman–Crippen LogP) is 2.59. The molecule has 0 fully saturated rings. The Hall–Kier alpha value is -1.06. The van der Waals surface area contributed by atoms with E-state index in [-0.39, 0.29) is 5.91 Å². The molecule has 0 bridgehead atoms. The molecule has 0 spiro atoms. The van der Waals surface area contributed by atoms with Crippen LogP contribution >= 0.6 is 11.6 Å². The maximum Gasteiger partial charge on any atom is 0.233 e. The average molecular weight is 269 g/mol. The molecule has 0 aliphatic carbocycles. The summed E-state index contributed by atoms with van der Waals surface area (Å²) in [5.74, 6) is 0.655. The first-order chi connectivity index (χ1) is 8.58. The number of carbonyl (C=O) groups excluding carboxylic acids is 1. The number of hydrogen-bond acceptors (Lipinski definition) is 2. The Morgan fingerprint density at radius 2 is 2.17 bits per heavy atom. The average Bonchev–Trinajstić information content (AvgIpc) is 2.28. The van der Waals surface area contributed by atoms with Crippen molar-refractivity contribution in [1.82, 2.24) is 10.6 Å². The standard InChI is InChI=1S/C14H21ClN2O/c1-11(2)6-7-17-14(18)10-16-9-12-4-3-5-13(15)8-12/h3-5,8,11,16H,6-7,9-10H2,1-2H3,(H,17,18). The van der Waals surface area contributed by atoms with Crippen LogP contribution in [0.5, 0.6) is 0 Å². The molecule has 0 aromatic heterocycles. The summed E-state index contributed by atoms with van der Waals surface area (Å²) < 4.78 is 0. The number of benzene rings is 1. The van der Waals surface area contributed by atoms with E-state index in [4.69, 9.17) is 11.6 Å². The second-order valence-electron chi connectivity index (χ2n) is 4.77. The molecule has 0 saturated carbocycles. The molecule has 1 aromatic carbocycles. The number of halogens is 1. The van der Waals surface area contributed by atoms with Gasteiger partial charge in [0.1, 0.15) is 0 Å². The number of carbonyl (C=O) groups is 1. The molecule has 18 heavy (non-hydrogen) atoms. The van der Waals surface area contributed by atoms with Gasteiger partial charge in [-0.25, -0.2) is 0 Å². The van der Waals surface area contributed by atoms with Crippen molar-refractivity contribution in [3.8, 4) is 0 Å². The van der Waals surface area contributed by atoms with Gasteiger partial charge in [-0.15, -0.1) is 0 Å². The van der Waals surface area contributed by atoms with Crippen LogP contribution in [0.3, 0.4) is 0 Å². The summed E-state index contributed by atoms with van der Waals surface area (Å²) in [6.07, 6.45) is 1.01. The fourth-order valence-electron chi connectivity index (χ4n) is 1.53. The summed E-state index contributed by atoms with van der Waals surface area (Å²) in [5, 5.41) is 6.70. The lowest BCUT2D eigenvalue weighted by molar-refractivity contribution is -0.120. The van der Waals surface area contributed by atoms with Gasteiger partial charge in [-0.2, -0.15) is 0 Å². The smallest absolute Gasteiger partial charge is 0.233 e. The van der Waals surface area contributed by atoms with Gasteiger partial charge in [-0.3, -0.25) is 4.79 Å². The highest BCUT2D eigenvalue weighted by atomic mass is 35.5. The summed E-state index contributed by atoms with van der Waals surface area (Å²) in [7, 11) is 0. The number of amides is 1. The van der Waals surface area contributed by atoms with E-state index in [1.165, 1.54) is 0 Å². The van der Waals surface area contributed by atoms with Crippen molar-refractivity contribution < 1.29 is 4.79 Å². The molecule has 0 saturated heterocycles. The van der Waals surface area contributed by atoms with Crippen LogP contribution in [0.15, 0.2) is 24.3 Å². The first kappa shape index (κ1) is 15.0. The number of hydrogen-bond donors (Lipinski definition) is 2. The zero-order valence-electron chi connectivity index (χ0n) is 11.0. The maximum absolute atomic E-state index is 11.5. The number of rotatable bonds is 7. The molecule has 1 rings (SSSR count). The summed E-state index contributed by atoms with van der Waals surface area (Å²) in [5.41, 5.74) is 1.08. The molecular formula is C14H21ClN2O. The molecule has 2 N–H and O–H groups in total. The molecule has 4 heteroatoms. The van der Waals surface area contributed by atoms with E-state index in [0.717, 1.165) is 23.6 Å².